The van der Waals surface area contributed by atoms with Crippen LogP contribution in [-0.4, -0.2) is 23.7 Å². The number of carbonyl (C=O) groups is 2. The van der Waals surface area contributed by atoms with Crippen molar-refractivity contribution in [3.05, 3.63) is 12.2 Å². The monoisotopic (exact) mass is 494 g/mol. The summed E-state index contributed by atoms with van der Waals surface area (Å²) in [6.45, 7) is 4.54. The van der Waals surface area contributed by atoms with E-state index in [1.807, 2.05) is 6.92 Å². The Bertz CT molecular complexity index is 500. The fraction of sp³-hybridized carbons (Fsp3) is 0.871. The molecule has 0 aromatic carbocycles. The third kappa shape index (κ3) is 25.6. The average Bonchev–Trinajstić information content (AvgIpc) is 2.84. The molecule has 0 aromatic rings. The summed E-state index contributed by atoms with van der Waals surface area (Å²) in [5.41, 5.74) is 0. The second-order valence-corrected chi connectivity index (χ2v) is 10.3. The largest absolute Gasteiger partial charge is 0.481 e. The molecule has 1 unspecified atom stereocenters. The first-order valence-electron chi connectivity index (χ1n) is 15.1. The van der Waals surface area contributed by atoms with Gasteiger partial charge in [-0.25, -0.2) is 0 Å². The van der Waals surface area contributed by atoms with E-state index in [0.717, 1.165) is 19.3 Å². The van der Waals surface area contributed by atoms with Crippen LogP contribution < -0.4 is 0 Å². The van der Waals surface area contributed by atoms with Gasteiger partial charge in [0.25, 0.3) is 0 Å². The Hall–Kier alpha value is -1.32. The van der Waals surface area contributed by atoms with Gasteiger partial charge in [-0.1, -0.05) is 135 Å². The molecule has 0 radical (unpaired) electrons. The Labute approximate surface area is 217 Å². The van der Waals surface area contributed by atoms with Crippen LogP contribution in [0.25, 0.3) is 0 Å². The Balaban J connectivity index is 3.34. The lowest BCUT2D eigenvalue weighted by atomic mass is 9.97. The molecule has 4 heteroatoms. The average molecular weight is 495 g/mol. The standard InChI is InChI=1S/C31H58O4/c1-3-5-6-7-8-9-10-11-12-13-14-15-16-17-18-19-20-21-22-23-24-25-26-29(31(33)34)28-30(32)35-27-4-2/h6-7,29H,3-5,8-28H2,1-2H3,(H,33,34)/b7-6+. The van der Waals surface area contributed by atoms with Gasteiger partial charge in [0.2, 0.25) is 0 Å². The molecule has 0 rings (SSSR count). The summed E-state index contributed by atoms with van der Waals surface area (Å²) in [7, 11) is 0. The lowest BCUT2D eigenvalue weighted by molar-refractivity contribution is -0.151. The highest BCUT2D eigenvalue weighted by Gasteiger charge is 2.21. The van der Waals surface area contributed by atoms with Crippen LogP contribution in [0.4, 0.5) is 0 Å². The van der Waals surface area contributed by atoms with Gasteiger partial charge in [0.15, 0.2) is 0 Å². The summed E-state index contributed by atoms with van der Waals surface area (Å²) < 4.78 is 5.02. The normalized spacial score (nSPS) is 12.3. The van der Waals surface area contributed by atoms with Crippen molar-refractivity contribution in [1.82, 2.24) is 0 Å². The molecule has 0 saturated carbocycles. The molecule has 0 aliphatic rings. The Morgan fingerprint density at radius 1 is 0.629 bits per heavy atom. The van der Waals surface area contributed by atoms with E-state index < -0.39 is 11.9 Å². The van der Waals surface area contributed by atoms with E-state index in [1.54, 1.807) is 0 Å². The van der Waals surface area contributed by atoms with E-state index >= 15 is 0 Å². The predicted octanol–water partition coefficient (Wildman–Crippen LogP) is 9.80. The number of esters is 1. The highest BCUT2D eigenvalue weighted by Crippen LogP contribution is 2.18. The Morgan fingerprint density at radius 2 is 1.06 bits per heavy atom. The quantitative estimate of drug-likeness (QED) is 0.0701. The number of carboxylic acids is 1. The van der Waals surface area contributed by atoms with E-state index in [0.29, 0.717) is 13.0 Å². The smallest absolute Gasteiger partial charge is 0.307 e. The first-order valence-corrected chi connectivity index (χ1v) is 15.1. The summed E-state index contributed by atoms with van der Waals surface area (Å²) in [5.74, 6) is -1.85. The lowest BCUT2D eigenvalue weighted by Crippen LogP contribution is -2.19. The molecule has 0 spiro atoms. The number of hydrogen-bond acceptors (Lipinski definition) is 3. The summed E-state index contributed by atoms with van der Waals surface area (Å²) in [5, 5.41) is 9.31. The molecule has 35 heavy (non-hydrogen) atoms. The first kappa shape index (κ1) is 33.7. The van der Waals surface area contributed by atoms with Gasteiger partial charge < -0.3 is 9.84 Å². The van der Waals surface area contributed by atoms with Gasteiger partial charge in [-0.3, -0.25) is 9.59 Å². The zero-order valence-electron chi connectivity index (χ0n) is 23.4. The predicted molar refractivity (Wildman–Crippen MR) is 149 cm³/mol. The molecule has 0 amide bonds. The molecule has 0 bridgehead atoms. The van der Waals surface area contributed by atoms with Gasteiger partial charge in [0, 0.05) is 0 Å². The van der Waals surface area contributed by atoms with Crippen LogP contribution in [-0.2, 0) is 14.3 Å². The summed E-state index contributed by atoms with van der Waals surface area (Å²) in [6.07, 6.45) is 32.1. The van der Waals surface area contributed by atoms with E-state index in [-0.39, 0.29) is 12.4 Å². The van der Waals surface area contributed by atoms with E-state index in [9.17, 15) is 14.7 Å². The maximum atomic E-state index is 11.7. The van der Waals surface area contributed by atoms with E-state index in [1.165, 1.54) is 116 Å². The van der Waals surface area contributed by atoms with Crippen molar-refractivity contribution in [3.8, 4) is 0 Å². The number of carbonyl (C=O) groups excluding carboxylic acids is 1. The minimum atomic E-state index is -0.875. The van der Waals surface area contributed by atoms with Crippen LogP contribution in [0.2, 0.25) is 0 Å². The second kappa shape index (κ2) is 27.3. The molecule has 0 saturated heterocycles. The number of rotatable bonds is 27. The molecule has 1 atom stereocenters. The van der Waals surface area contributed by atoms with Crippen LogP contribution >= 0.6 is 0 Å². The van der Waals surface area contributed by atoms with Crippen LogP contribution in [0.15, 0.2) is 12.2 Å². The highest BCUT2D eigenvalue weighted by molar-refractivity contribution is 5.78. The fourth-order valence-electron chi connectivity index (χ4n) is 4.50. The molecule has 0 aliphatic heterocycles. The third-order valence-corrected chi connectivity index (χ3v) is 6.77. The van der Waals surface area contributed by atoms with Crippen molar-refractivity contribution in [2.24, 2.45) is 5.92 Å². The zero-order chi connectivity index (χ0) is 25.8. The van der Waals surface area contributed by atoms with Gasteiger partial charge in [0.05, 0.1) is 18.9 Å². The van der Waals surface area contributed by atoms with Crippen molar-refractivity contribution >= 4 is 11.9 Å². The lowest BCUT2D eigenvalue weighted by Gasteiger charge is -2.11. The van der Waals surface area contributed by atoms with Crippen LogP contribution in [0.1, 0.15) is 162 Å². The molecule has 0 aliphatic carbocycles. The number of aliphatic carboxylic acids is 1. The minimum absolute atomic E-state index is 0.00654. The summed E-state index contributed by atoms with van der Waals surface area (Å²) in [6, 6.07) is 0. The topological polar surface area (TPSA) is 63.6 Å². The second-order valence-electron chi connectivity index (χ2n) is 10.3. The number of ether oxygens (including phenoxy) is 1. The number of hydrogen-bond donors (Lipinski definition) is 1. The molecular formula is C31H58O4. The first-order chi connectivity index (χ1) is 17.1. The molecule has 206 valence electrons. The molecule has 0 aromatic heterocycles. The maximum absolute atomic E-state index is 11.7. The van der Waals surface area contributed by atoms with Gasteiger partial charge >= 0.3 is 11.9 Å². The van der Waals surface area contributed by atoms with Gasteiger partial charge in [-0.05, 0) is 32.1 Å². The maximum Gasteiger partial charge on any atom is 0.307 e. The number of unbranched alkanes of at least 4 members (excludes halogenated alkanes) is 18. The van der Waals surface area contributed by atoms with Gasteiger partial charge in [-0.2, -0.15) is 0 Å². The van der Waals surface area contributed by atoms with Crippen molar-refractivity contribution in [3.63, 3.8) is 0 Å². The Kier molecular flexibility index (Phi) is 26.2. The SMILES string of the molecule is CCC/C=C/CCCCCCCCCCCCCCCCCCCC(CC(=O)OCCC)C(=O)O. The third-order valence-electron chi connectivity index (χ3n) is 6.77. The van der Waals surface area contributed by atoms with Crippen molar-refractivity contribution < 1.29 is 19.4 Å². The summed E-state index contributed by atoms with van der Waals surface area (Å²) >= 11 is 0. The zero-order valence-corrected chi connectivity index (χ0v) is 23.4. The van der Waals surface area contributed by atoms with Crippen LogP contribution in [0.5, 0.6) is 0 Å². The highest BCUT2D eigenvalue weighted by atomic mass is 16.5. The van der Waals surface area contributed by atoms with Gasteiger partial charge in [0.1, 0.15) is 0 Å². The molecule has 0 heterocycles. The number of carboxylic acid groups (broad SMARTS) is 1. The van der Waals surface area contributed by atoms with E-state index in [2.05, 4.69) is 19.1 Å². The number of allylic oxidation sites excluding steroid dienone is 2. The van der Waals surface area contributed by atoms with Crippen molar-refractivity contribution in [2.45, 2.75) is 162 Å². The Morgan fingerprint density at radius 3 is 1.49 bits per heavy atom. The van der Waals surface area contributed by atoms with Crippen molar-refractivity contribution in [2.75, 3.05) is 6.61 Å². The van der Waals surface area contributed by atoms with Crippen LogP contribution in [0, 0.1) is 5.92 Å². The molecule has 0 fully saturated rings. The molecular weight excluding hydrogens is 436 g/mol. The van der Waals surface area contributed by atoms with Crippen LogP contribution in [0.3, 0.4) is 0 Å². The molecule has 4 nitrogen and oxygen atoms in total. The van der Waals surface area contributed by atoms with Crippen molar-refractivity contribution in [1.29, 1.82) is 0 Å². The molecule has 1 N–H and O–H groups in total. The summed E-state index contributed by atoms with van der Waals surface area (Å²) in [4.78, 5) is 23.0. The minimum Gasteiger partial charge on any atom is -0.481 e. The van der Waals surface area contributed by atoms with Gasteiger partial charge in [-0.15, -0.1) is 0 Å². The fourth-order valence-corrected chi connectivity index (χ4v) is 4.50. The van der Waals surface area contributed by atoms with E-state index in [4.69, 9.17) is 4.74 Å².